The minimum absolute atomic E-state index is 0.0671. The predicted octanol–water partition coefficient (Wildman–Crippen LogP) is 0.518. The monoisotopic (exact) mass is 210 g/mol. The van der Waals surface area contributed by atoms with Gasteiger partial charge >= 0.3 is 0 Å². The number of carbonyl (C=O) groups is 2. The SMILES string of the molecule is CC(C)(CCC(=O)N=C=O)C(=O)N=C=O. The van der Waals surface area contributed by atoms with Gasteiger partial charge in [0.2, 0.25) is 12.2 Å². The molecule has 6 heteroatoms. The first kappa shape index (κ1) is 13.1. The fraction of sp³-hybridized carbons (Fsp3) is 0.556. The number of hydrogen-bond donors (Lipinski definition) is 0. The molecule has 0 radical (unpaired) electrons. The fourth-order valence-electron chi connectivity index (χ4n) is 0.826. The molecule has 0 rings (SSSR count). The van der Waals surface area contributed by atoms with Crippen LogP contribution in [0.4, 0.5) is 0 Å². The molecule has 0 aromatic carbocycles. The zero-order valence-corrected chi connectivity index (χ0v) is 8.44. The van der Waals surface area contributed by atoms with Crippen LogP contribution in [0.15, 0.2) is 9.98 Å². The van der Waals surface area contributed by atoms with Crippen LogP contribution >= 0.6 is 0 Å². The van der Waals surface area contributed by atoms with E-state index < -0.39 is 17.2 Å². The molecule has 2 amide bonds. The second-order valence-corrected chi connectivity index (χ2v) is 3.49. The second-order valence-electron chi connectivity index (χ2n) is 3.49. The topological polar surface area (TPSA) is 93.0 Å². The van der Waals surface area contributed by atoms with Gasteiger partial charge in [-0.05, 0) is 6.42 Å². The van der Waals surface area contributed by atoms with Gasteiger partial charge in [-0.1, -0.05) is 13.8 Å². The van der Waals surface area contributed by atoms with Gasteiger partial charge in [0.05, 0.1) is 0 Å². The third-order valence-electron chi connectivity index (χ3n) is 1.86. The zero-order valence-electron chi connectivity index (χ0n) is 8.44. The molecule has 0 aliphatic carbocycles. The fourth-order valence-corrected chi connectivity index (χ4v) is 0.826. The van der Waals surface area contributed by atoms with Crippen LogP contribution in [0, 0.1) is 5.41 Å². The van der Waals surface area contributed by atoms with Gasteiger partial charge in [-0.15, -0.1) is 9.98 Å². The number of amides is 2. The largest absolute Gasteiger partial charge is 0.272 e. The average Bonchev–Trinajstić information content (AvgIpc) is 2.16. The lowest BCUT2D eigenvalue weighted by molar-refractivity contribution is -0.126. The van der Waals surface area contributed by atoms with E-state index in [1.807, 2.05) is 0 Å². The molecular weight excluding hydrogens is 200 g/mol. The van der Waals surface area contributed by atoms with Gasteiger partial charge in [0.15, 0.2) is 0 Å². The first-order chi connectivity index (χ1) is 6.94. The average molecular weight is 210 g/mol. The molecule has 0 spiro atoms. The molecule has 0 bridgehead atoms. The summed E-state index contributed by atoms with van der Waals surface area (Å²) in [5.41, 5.74) is -0.939. The van der Waals surface area contributed by atoms with E-state index in [-0.39, 0.29) is 12.8 Å². The molecule has 0 saturated carbocycles. The van der Waals surface area contributed by atoms with Gasteiger partial charge in [0.1, 0.15) is 0 Å². The van der Waals surface area contributed by atoms with E-state index in [0.29, 0.717) is 0 Å². The van der Waals surface area contributed by atoms with E-state index in [1.165, 1.54) is 13.8 Å². The zero-order chi connectivity index (χ0) is 11.9. The Kier molecular flexibility index (Phi) is 5.02. The minimum Gasteiger partial charge on any atom is -0.272 e. The van der Waals surface area contributed by atoms with Crippen molar-refractivity contribution in [2.75, 3.05) is 0 Å². The van der Waals surface area contributed by atoms with Gasteiger partial charge in [0, 0.05) is 11.8 Å². The highest BCUT2D eigenvalue weighted by molar-refractivity contribution is 5.87. The molecule has 0 aliphatic heterocycles. The predicted molar refractivity (Wildman–Crippen MR) is 49.3 cm³/mol. The highest BCUT2D eigenvalue weighted by atomic mass is 16.2. The maximum Gasteiger partial charge on any atom is 0.262 e. The number of nitrogens with zero attached hydrogens (tertiary/aromatic N) is 2. The third-order valence-corrected chi connectivity index (χ3v) is 1.86. The lowest BCUT2D eigenvalue weighted by atomic mass is 9.87. The van der Waals surface area contributed by atoms with Gasteiger partial charge in [0.25, 0.3) is 11.8 Å². The van der Waals surface area contributed by atoms with Gasteiger partial charge in [-0.2, -0.15) is 0 Å². The van der Waals surface area contributed by atoms with Crippen LogP contribution in [0.2, 0.25) is 0 Å². The molecule has 0 aromatic rings. The molecular formula is C9H10N2O4. The quantitative estimate of drug-likeness (QED) is 0.499. The molecule has 80 valence electrons. The minimum atomic E-state index is -0.939. The van der Waals surface area contributed by atoms with Crippen molar-refractivity contribution in [3.05, 3.63) is 0 Å². The highest BCUT2D eigenvalue weighted by Crippen LogP contribution is 2.24. The first-order valence-electron chi connectivity index (χ1n) is 4.17. The van der Waals surface area contributed by atoms with Crippen LogP contribution in [0.25, 0.3) is 0 Å². The van der Waals surface area contributed by atoms with Gasteiger partial charge in [-0.25, -0.2) is 9.59 Å². The summed E-state index contributed by atoms with van der Waals surface area (Å²) in [7, 11) is 0. The van der Waals surface area contributed by atoms with E-state index in [4.69, 9.17) is 0 Å². The summed E-state index contributed by atoms with van der Waals surface area (Å²) in [6, 6.07) is 0. The molecule has 0 atom stereocenters. The van der Waals surface area contributed by atoms with Crippen LogP contribution in [0.5, 0.6) is 0 Å². The van der Waals surface area contributed by atoms with Crippen molar-refractivity contribution in [2.24, 2.45) is 15.4 Å². The smallest absolute Gasteiger partial charge is 0.262 e. The Labute approximate surface area is 86.1 Å². The summed E-state index contributed by atoms with van der Waals surface area (Å²) in [6.45, 7) is 3.07. The standard InChI is InChI=1S/C9H10N2O4/c1-9(2,8(15)11-6-13)4-3-7(14)10-5-12/h3-4H2,1-2H3. The number of hydrogen-bond acceptors (Lipinski definition) is 4. The Balaban J connectivity index is 4.38. The summed E-state index contributed by atoms with van der Waals surface area (Å²) < 4.78 is 0. The van der Waals surface area contributed by atoms with Crippen LogP contribution in [0.3, 0.4) is 0 Å². The summed E-state index contributed by atoms with van der Waals surface area (Å²) in [4.78, 5) is 47.4. The molecule has 6 nitrogen and oxygen atoms in total. The number of rotatable bonds is 4. The Morgan fingerprint density at radius 3 is 2.13 bits per heavy atom. The van der Waals surface area contributed by atoms with Crippen molar-refractivity contribution >= 4 is 24.0 Å². The molecule has 0 N–H and O–H groups in total. The number of carbonyl (C=O) groups excluding carboxylic acids is 4. The second kappa shape index (κ2) is 5.75. The molecule has 0 saturated heterocycles. The molecule has 0 fully saturated rings. The van der Waals surface area contributed by atoms with Crippen molar-refractivity contribution in [3.8, 4) is 0 Å². The van der Waals surface area contributed by atoms with E-state index in [9.17, 15) is 19.2 Å². The molecule has 0 heterocycles. The first-order valence-corrected chi connectivity index (χ1v) is 4.17. The molecule has 0 unspecified atom stereocenters. The number of isocyanates is 2. The third kappa shape index (κ3) is 4.76. The van der Waals surface area contributed by atoms with E-state index >= 15 is 0 Å². The summed E-state index contributed by atoms with van der Waals surface area (Å²) >= 11 is 0. The summed E-state index contributed by atoms with van der Waals surface area (Å²) in [6.07, 6.45) is 2.34. The lowest BCUT2D eigenvalue weighted by Gasteiger charge is -2.17. The summed E-state index contributed by atoms with van der Waals surface area (Å²) in [5, 5.41) is 0. The van der Waals surface area contributed by atoms with Crippen molar-refractivity contribution in [3.63, 3.8) is 0 Å². The number of aliphatic imine (C=N–C) groups is 2. The Morgan fingerprint density at radius 1 is 1.13 bits per heavy atom. The van der Waals surface area contributed by atoms with Gasteiger partial charge < -0.3 is 0 Å². The van der Waals surface area contributed by atoms with Crippen LogP contribution in [-0.4, -0.2) is 24.0 Å². The summed E-state index contributed by atoms with van der Waals surface area (Å²) in [5.74, 6) is -1.30. The van der Waals surface area contributed by atoms with Crippen molar-refractivity contribution in [2.45, 2.75) is 26.7 Å². The van der Waals surface area contributed by atoms with Crippen molar-refractivity contribution in [1.82, 2.24) is 0 Å². The van der Waals surface area contributed by atoms with E-state index in [1.54, 1.807) is 0 Å². The van der Waals surface area contributed by atoms with Gasteiger partial charge in [-0.3, -0.25) is 9.59 Å². The molecule has 15 heavy (non-hydrogen) atoms. The Hall–Kier alpha value is -1.90. The van der Waals surface area contributed by atoms with Crippen LogP contribution in [-0.2, 0) is 19.2 Å². The molecule has 0 aliphatic rings. The maximum atomic E-state index is 11.2. The normalized spacial score (nSPS) is 9.73. The maximum absolute atomic E-state index is 11.2. The van der Waals surface area contributed by atoms with Crippen molar-refractivity contribution < 1.29 is 19.2 Å². The van der Waals surface area contributed by atoms with Crippen LogP contribution in [0.1, 0.15) is 26.7 Å². The van der Waals surface area contributed by atoms with E-state index in [2.05, 4.69) is 9.98 Å². The Morgan fingerprint density at radius 2 is 1.67 bits per heavy atom. The lowest BCUT2D eigenvalue weighted by Crippen LogP contribution is -2.23. The highest BCUT2D eigenvalue weighted by Gasteiger charge is 2.27. The van der Waals surface area contributed by atoms with Crippen LogP contribution < -0.4 is 0 Å². The van der Waals surface area contributed by atoms with E-state index in [0.717, 1.165) is 12.2 Å². The Bertz CT molecular complexity index is 360. The van der Waals surface area contributed by atoms with Crippen molar-refractivity contribution in [1.29, 1.82) is 0 Å². The molecule has 0 aromatic heterocycles.